The van der Waals surface area contributed by atoms with Crippen LogP contribution in [-0.2, 0) is 22.6 Å². The number of nitrogens with one attached hydrogen (secondary N) is 2. The van der Waals surface area contributed by atoms with E-state index in [0.29, 0.717) is 31.5 Å². The average molecular weight is 374 g/mol. The normalized spacial score (nSPS) is 23.4. The maximum absolute atomic E-state index is 13.0. The number of hydrogen-bond acceptors (Lipinski definition) is 4. The number of carbonyl (C=O) groups is 2. The van der Waals surface area contributed by atoms with E-state index in [-0.39, 0.29) is 24.3 Å². The van der Waals surface area contributed by atoms with E-state index in [4.69, 9.17) is 0 Å². The van der Waals surface area contributed by atoms with Gasteiger partial charge in [0, 0.05) is 49.8 Å². The summed E-state index contributed by atoms with van der Waals surface area (Å²) < 4.78 is 0. The zero-order chi connectivity index (χ0) is 19.0. The summed E-state index contributed by atoms with van der Waals surface area (Å²) >= 11 is 0. The number of hydrogen-bond donors (Lipinski definition) is 2. The summed E-state index contributed by atoms with van der Waals surface area (Å²) in [5.74, 6) is 1.25. The number of carbonyl (C=O) groups excluding carboxylic acids is 2. The Morgan fingerprint density at radius 1 is 1.30 bits per heavy atom. The summed E-state index contributed by atoms with van der Waals surface area (Å²) in [5.41, 5.74) is 3.58. The molecule has 2 N–H and O–H groups in total. The van der Waals surface area contributed by atoms with Gasteiger partial charge in [-0.1, -0.05) is 13.8 Å². The fourth-order valence-corrected chi connectivity index (χ4v) is 4.19. The Hall–Kier alpha value is -1.89. The molecule has 1 atom stereocenters. The van der Waals surface area contributed by atoms with Crippen LogP contribution < -0.4 is 5.32 Å². The third-order valence-corrected chi connectivity index (χ3v) is 6.09. The van der Waals surface area contributed by atoms with Crippen molar-refractivity contribution in [2.45, 2.75) is 64.5 Å². The van der Waals surface area contributed by atoms with Crippen molar-refractivity contribution in [1.29, 1.82) is 0 Å². The first-order valence-corrected chi connectivity index (χ1v) is 10.4. The van der Waals surface area contributed by atoms with Crippen molar-refractivity contribution in [2.75, 3.05) is 26.2 Å². The molecule has 3 aliphatic rings. The Balaban J connectivity index is 1.41. The number of nitrogens with zero attached hydrogens (tertiary/aromatic N) is 3. The highest BCUT2D eigenvalue weighted by Crippen LogP contribution is 2.42. The first-order chi connectivity index (χ1) is 13.0. The lowest BCUT2D eigenvalue weighted by Crippen LogP contribution is -2.57. The van der Waals surface area contributed by atoms with Gasteiger partial charge in [-0.25, -0.2) is 0 Å². The minimum absolute atomic E-state index is 0.00182. The molecule has 27 heavy (non-hydrogen) atoms. The van der Waals surface area contributed by atoms with E-state index in [9.17, 15) is 9.59 Å². The zero-order valence-electron chi connectivity index (χ0n) is 16.5. The molecule has 7 heteroatoms. The third-order valence-electron chi connectivity index (χ3n) is 6.09. The van der Waals surface area contributed by atoms with Crippen LogP contribution in [0.15, 0.2) is 0 Å². The van der Waals surface area contributed by atoms with E-state index in [0.717, 1.165) is 31.6 Å². The van der Waals surface area contributed by atoms with Crippen molar-refractivity contribution in [3.8, 4) is 0 Å². The van der Waals surface area contributed by atoms with Gasteiger partial charge in [0.25, 0.3) is 0 Å². The van der Waals surface area contributed by atoms with E-state index in [1.807, 2.05) is 4.90 Å². The van der Waals surface area contributed by atoms with E-state index >= 15 is 0 Å². The number of fused-ring (bicyclic) bond motifs is 1. The van der Waals surface area contributed by atoms with Crippen molar-refractivity contribution < 1.29 is 9.59 Å². The third kappa shape index (κ3) is 4.03. The average Bonchev–Trinajstić information content (AvgIpc) is 3.40. The van der Waals surface area contributed by atoms with E-state index in [1.54, 1.807) is 0 Å². The molecular formula is C20H31N5O2. The minimum atomic E-state index is -0.335. The molecule has 2 aliphatic heterocycles. The monoisotopic (exact) mass is 373 g/mol. The van der Waals surface area contributed by atoms with Crippen molar-refractivity contribution in [3.63, 3.8) is 0 Å². The van der Waals surface area contributed by atoms with E-state index < -0.39 is 0 Å². The maximum Gasteiger partial charge on any atom is 0.237 e. The van der Waals surface area contributed by atoms with Crippen LogP contribution in [0.4, 0.5) is 0 Å². The second-order valence-electron chi connectivity index (χ2n) is 8.63. The molecule has 2 fully saturated rings. The largest absolute Gasteiger partial charge is 0.353 e. The lowest BCUT2D eigenvalue weighted by Gasteiger charge is -2.36. The molecule has 1 saturated carbocycles. The first kappa shape index (κ1) is 18.5. The molecule has 2 amide bonds. The second kappa shape index (κ2) is 7.62. The Kier molecular flexibility index (Phi) is 5.21. The molecule has 0 unspecified atom stereocenters. The Morgan fingerprint density at radius 3 is 2.85 bits per heavy atom. The topological polar surface area (TPSA) is 81.3 Å². The van der Waals surface area contributed by atoms with Crippen LogP contribution in [0, 0.1) is 5.92 Å². The Bertz CT molecular complexity index is 709. The molecule has 1 saturated heterocycles. The van der Waals surface area contributed by atoms with Crippen molar-refractivity contribution in [3.05, 3.63) is 17.0 Å². The summed E-state index contributed by atoms with van der Waals surface area (Å²) in [6.45, 7) is 8.11. The number of amides is 2. The van der Waals surface area contributed by atoms with Crippen LogP contribution in [-0.4, -0.2) is 64.0 Å². The van der Waals surface area contributed by atoms with Gasteiger partial charge in [-0.2, -0.15) is 5.10 Å². The molecule has 0 spiro atoms. The highest BCUT2D eigenvalue weighted by molar-refractivity contribution is 5.89. The molecule has 0 bridgehead atoms. The van der Waals surface area contributed by atoms with Gasteiger partial charge in [-0.15, -0.1) is 0 Å². The van der Waals surface area contributed by atoms with Gasteiger partial charge in [0.1, 0.15) is 0 Å². The van der Waals surface area contributed by atoms with Gasteiger partial charge < -0.3 is 10.2 Å². The van der Waals surface area contributed by atoms with Crippen LogP contribution in [0.3, 0.4) is 0 Å². The number of rotatable bonds is 6. The summed E-state index contributed by atoms with van der Waals surface area (Å²) in [6.07, 6.45) is 4.56. The molecule has 148 valence electrons. The summed E-state index contributed by atoms with van der Waals surface area (Å²) in [6, 6.07) is -0.335. The Labute approximate surface area is 160 Å². The molecule has 0 aromatic carbocycles. The zero-order valence-corrected chi connectivity index (χ0v) is 16.5. The Morgan fingerprint density at radius 2 is 2.11 bits per heavy atom. The minimum Gasteiger partial charge on any atom is -0.353 e. The van der Waals surface area contributed by atoms with E-state index in [1.165, 1.54) is 24.1 Å². The van der Waals surface area contributed by atoms with Gasteiger partial charge in [0.2, 0.25) is 11.8 Å². The molecule has 1 aromatic rings. The molecule has 4 rings (SSSR count). The van der Waals surface area contributed by atoms with Crippen molar-refractivity contribution in [2.24, 2.45) is 5.92 Å². The fraction of sp³-hybridized carbons (Fsp3) is 0.750. The van der Waals surface area contributed by atoms with Crippen molar-refractivity contribution in [1.82, 2.24) is 25.3 Å². The number of aromatic amines is 1. The molecule has 0 radical (unpaired) electrons. The smallest absolute Gasteiger partial charge is 0.237 e. The van der Waals surface area contributed by atoms with Gasteiger partial charge >= 0.3 is 0 Å². The van der Waals surface area contributed by atoms with Crippen LogP contribution >= 0.6 is 0 Å². The molecule has 3 heterocycles. The number of piperazine rings is 1. The van der Waals surface area contributed by atoms with Crippen LogP contribution in [0.2, 0.25) is 0 Å². The lowest BCUT2D eigenvalue weighted by atomic mass is 10.0. The van der Waals surface area contributed by atoms with Gasteiger partial charge in [-0.3, -0.25) is 19.6 Å². The fourth-order valence-electron chi connectivity index (χ4n) is 4.19. The predicted molar refractivity (Wildman–Crippen MR) is 102 cm³/mol. The quantitative estimate of drug-likeness (QED) is 0.790. The molecular weight excluding hydrogens is 342 g/mol. The van der Waals surface area contributed by atoms with Crippen molar-refractivity contribution >= 4 is 11.8 Å². The summed E-state index contributed by atoms with van der Waals surface area (Å²) in [5, 5.41) is 10.6. The summed E-state index contributed by atoms with van der Waals surface area (Å²) in [7, 11) is 0. The summed E-state index contributed by atoms with van der Waals surface area (Å²) in [4.78, 5) is 29.6. The van der Waals surface area contributed by atoms with Crippen LogP contribution in [0.1, 0.15) is 62.4 Å². The number of H-pyrrole nitrogens is 1. The first-order valence-electron chi connectivity index (χ1n) is 10.4. The SMILES string of the molecule is CC(C)CCN1CCNC(=O)[C@@H]1CC(=O)N1CCc2[nH]nc(C3CC3)c2C1. The number of aromatic nitrogens is 2. The molecule has 1 aliphatic carbocycles. The molecule has 1 aromatic heterocycles. The lowest BCUT2D eigenvalue weighted by molar-refractivity contribution is -0.139. The van der Waals surface area contributed by atoms with Gasteiger partial charge in [-0.05, 0) is 31.7 Å². The standard InChI is InChI=1S/C20H31N5O2/c1-13(2)5-8-24-10-7-21-20(27)17(24)11-18(26)25-9-6-16-15(12-25)19(23-22-16)14-3-4-14/h13-14,17H,3-12H2,1-2H3,(H,21,27)(H,22,23)/t17-/m0/s1. The van der Waals surface area contributed by atoms with Crippen LogP contribution in [0.5, 0.6) is 0 Å². The highest BCUT2D eigenvalue weighted by atomic mass is 16.2. The highest BCUT2D eigenvalue weighted by Gasteiger charge is 2.36. The maximum atomic E-state index is 13.0. The van der Waals surface area contributed by atoms with Gasteiger partial charge in [0.05, 0.1) is 18.2 Å². The van der Waals surface area contributed by atoms with Gasteiger partial charge in [0.15, 0.2) is 0 Å². The molecule has 7 nitrogen and oxygen atoms in total. The van der Waals surface area contributed by atoms with Crippen LogP contribution in [0.25, 0.3) is 0 Å². The van der Waals surface area contributed by atoms with E-state index in [2.05, 4.69) is 34.3 Å². The predicted octanol–water partition coefficient (Wildman–Crippen LogP) is 1.41. The second-order valence-corrected chi connectivity index (χ2v) is 8.63.